The molecule has 0 rings (SSSR count). The van der Waals surface area contributed by atoms with Gasteiger partial charge in [-0.1, -0.05) is 62.5 Å². The Morgan fingerprint density at radius 1 is 0.667 bits per heavy atom. The van der Waals surface area contributed by atoms with E-state index in [1.165, 1.54) is 6.26 Å². The van der Waals surface area contributed by atoms with Gasteiger partial charge in [-0.15, -0.1) is 0 Å². The fourth-order valence-corrected chi connectivity index (χ4v) is 1.70. The van der Waals surface area contributed by atoms with Gasteiger partial charge in [0.05, 0.1) is 12.7 Å². The lowest BCUT2D eigenvalue weighted by Gasteiger charge is -1.95. The van der Waals surface area contributed by atoms with E-state index in [2.05, 4.69) is 38.2 Å². The number of allylic oxidation sites excluding steroid dienone is 8. The van der Waals surface area contributed by atoms with Gasteiger partial charge in [0.1, 0.15) is 5.78 Å². The predicted octanol–water partition coefficient (Wildman–Crippen LogP) is 5.61. The maximum atomic E-state index is 11.6. The third-order valence-electron chi connectivity index (χ3n) is 2.95. The second kappa shape index (κ2) is 17.2. The van der Waals surface area contributed by atoms with Gasteiger partial charge in [-0.25, -0.2) is 0 Å². The van der Waals surface area contributed by atoms with Crippen molar-refractivity contribution >= 4 is 11.8 Å². The van der Waals surface area contributed by atoms with Crippen LogP contribution in [-0.2, 0) is 14.3 Å². The van der Waals surface area contributed by atoms with Gasteiger partial charge in [0.2, 0.25) is 0 Å². The van der Waals surface area contributed by atoms with Crippen molar-refractivity contribution in [2.75, 3.05) is 0 Å². The number of Topliss-reactive ketones (excluding diaryl/α,β-unsaturated/α-hetero) is 1. The van der Waals surface area contributed by atoms with Crippen molar-refractivity contribution in [3.8, 4) is 0 Å². The molecule has 3 nitrogen and oxygen atoms in total. The summed E-state index contributed by atoms with van der Waals surface area (Å²) >= 11 is 0. The van der Waals surface area contributed by atoms with Crippen molar-refractivity contribution in [3.63, 3.8) is 0 Å². The SMILES string of the molecule is CC/C=C\C/C=C\CC(=O)CC=COC(=O)C/C=C\C/C=C\CC. The van der Waals surface area contributed by atoms with Crippen molar-refractivity contribution in [2.24, 2.45) is 0 Å². The molecule has 0 saturated carbocycles. The van der Waals surface area contributed by atoms with Crippen LogP contribution in [-0.4, -0.2) is 11.8 Å². The Kier molecular flexibility index (Phi) is 15.7. The summed E-state index contributed by atoms with van der Waals surface area (Å²) in [7, 11) is 0. The largest absolute Gasteiger partial charge is 0.435 e. The molecule has 0 heterocycles. The van der Waals surface area contributed by atoms with Crippen molar-refractivity contribution < 1.29 is 14.3 Å². The highest BCUT2D eigenvalue weighted by Crippen LogP contribution is 1.98. The number of ether oxygens (including phenoxy) is 1. The first-order chi connectivity index (χ1) is 11.7. The number of esters is 1. The highest BCUT2D eigenvalue weighted by atomic mass is 16.5. The minimum atomic E-state index is -0.322. The summed E-state index contributed by atoms with van der Waals surface area (Å²) < 4.78 is 4.92. The van der Waals surface area contributed by atoms with E-state index in [9.17, 15) is 9.59 Å². The zero-order chi connectivity index (χ0) is 17.9. The quantitative estimate of drug-likeness (QED) is 0.250. The fraction of sp³-hybridized carbons (Fsp3) is 0.429. The zero-order valence-electron chi connectivity index (χ0n) is 14.9. The summed E-state index contributed by atoms with van der Waals surface area (Å²) in [6, 6.07) is 0. The van der Waals surface area contributed by atoms with Crippen molar-refractivity contribution in [1.82, 2.24) is 0 Å². The maximum Gasteiger partial charge on any atom is 0.314 e. The molecule has 0 aromatic heterocycles. The van der Waals surface area contributed by atoms with E-state index in [4.69, 9.17) is 4.74 Å². The van der Waals surface area contributed by atoms with E-state index in [1.807, 2.05) is 18.2 Å². The summed E-state index contributed by atoms with van der Waals surface area (Å²) in [5.74, 6) is -0.224. The van der Waals surface area contributed by atoms with E-state index in [1.54, 1.807) is 12.2 Å². The Labute approximate surface area is 146 Å². The molecule has 0 aromatic carbocycles. The Morgan fingerprint density at radius 3 is 1.75 bits per heavy atom. The molecule has 0 N–H and O–H groups in total. The van der Waals surface area contributed by atoms with E-state index in [0.717, 1.165) is 25.7 Å². The van der Waals surface area contributed by atoms with Crippen LogP contribution in [0.2, 0.25) is 0 Å². The van der Waals surface area contributed by atoms with Gasteiger partial charge in [-0.05, 0) is 31.8 Å². The monoisotopic (exact) mass is 330 g/mol. The molecule has 132 valence electrons. The highest BCUT2D eigenvalue weighted by Gasteiger charge is 1.97. The predicted molar refractivity (Wildman–Crippen MR) is 100 cm³/mol. The number of carbonyl (C=O) groups is 2. The minimum Gasteiger partial charge on any atom is -0.435 e. The molecule has 0 aliphatic rings. The molecule has 0 spiro atoms. The normalized spacial score (nSPS) is 12.4. The summed E-state index contributed by atoms with van der Waals surface area (Å²) in [5.41, 5.74) is 0. The molecular weight excluding hydrogens is 300 g/mol. The molecule has 0 atom stereocenters. The number of carbonyl (C=O) groups excluding carboxylic acids is 2. The molecule has 0 amide bonds. The Hall–Kier alpha value is -2.16. The topological polar surface area (TPSA) is 43.4 Å². The van der Waals surface area contributed by atoms with Gasteiger partial charge >= 0.3 is 5.97 Å². The maximum absolute atomic E-state index is 11.6. The van der Waals surface area contributed by atoms with Gasteiger partial charge in [0, 0.05) is 12.8 Å². The van der Waals surface area contributed by atoms with Crippen LogP contribution < -0.4 is 0 Å². The van der Waals surface area contributed by atoms with Crippen molar-refractivity contribution in [2.45, 2.75) is 58.8 Å². The first-order valence-corrected chi connectivity index (χ1v) is 8.66. The average molecular weight is 330 g/mol. The molecule has 0 saturated heterocycles. The summed E-state index contributed by atoms with van der Waals surface area (Å²) in [5, 5.41) is 0. The zero-order valence-corrected chi connectivity index (χ0v) is 14.9. The first-order valence-electron chi connectivity index (χ1n) is 8.66. The summed E-state index contributed by atoms with van der Waals surface area (Å²) in [4.78, 5) is 23.0. The third-order valence-corrected chi connectivity index (χ3v) is 2.95. The van der Waals surface area contributed by atoms with Gasteiger partial charge in [0.15, 0.2) is 0 Å². The highest BCUT2D eigenvalue weighted by molar-refractivity contribution is 5.81. The molecule has 3 heteroatoms. The number of rotatable bonds is 13. The second-order valence-corrected chi connectivity index (χ2v) is 5.19. The molecule has 0 bridgehead atoms. The van der Waals surface area contributed by atoms with Crippen molar-refractivity contribution in [1.29, 1.82) is 0 Å². The molecule has 0 aliphatic heterocycles. The molecule has 0 fully saturated rings. The van der Waals surface area contributed by atoms with Crippen LogP contribution >= 0.6 is 0 Å². The fourth-order valence-electron chi connectivity index (χ4n) is 1.70. The molecule has 24 heavy (non-hydrogen) atoms. The van der Waals surface area contributed by atoms with Crippen LogP contribution in [0, 0.1) is 0 Å². The number of hydrogen-bond acceptors (Lipinski definition) is 3. The van der Waals surface area contributed by atoms with Crippen LogP contribution in [0.4, 0.5) is 0 Å². The summed E-state index contributed by atoms with van der Waals surface area (Å²) in [6.07, 6.45) is 23.4. The molecule has 0 aliphatic carbocycles. The van der Waals surface area contributed by atoms with E-state index in [-0.39, 0.29) is 24.6 Å². The number of hydrogen-bond donors (Lipinski definition) is 0. The Balaban J connectivity index is 3.75. The lowest BCUT2D eigenvalue weighted by atomic mass is 10.2. The first kappa shape index (κ1) is 21.8. The lowest BCUT2D eigenvalue weighted by molar-refractivity contribution is -0.137. The Morgan fingerprint density at radius 2 is 1.17 bits per heavy atom. The van der Waals surface area contributed by atoms with E-state index >= 15 is 0 Å². The van der Waals surface area contributed by atoms with Crippen LogP contribution in [0.25, 0.3) is 0 Å². The van der Waals surface area contributed by atoms with Crippen LogP contribution in [0.15, 0.2) is 60.9 Å². The molecule has 0 aromatic rings. The standard InChI is InChI=1S/C21H30O3/c1-3-5-7-9-11-13-16-20(22)17-15-19-24-21(23)18-14-12-10-8-6-4-2/h5-8,11-15,19H,3-4,9-10,16-18H2,1-2H3/b7-5-,8-6-,13-11-,14-12-,19-15?. The molecule has 0 radical (unpaired) electrons. The molecular formula is C21H30O3. The lowest BCUT2D eigenvalue weighted by Crippen LogP contribution is -1.97. The molecule has 0 unspecified atom stereocenters. The van der Waals surface area contributed by atoms with Gasteiger partial charge in [-0.3, -0.25) is 9.59 Å². The van der Waals surface area contributed by atoms with Crippen LogP contribution in [0.3, 0.4) is 0 Å². The van der Waals surface area contributed by atoms with E-state index in [0.29, 0.717) is 6.42 Å². The van der Waals surface area contributed by atoms with Crippen LogP contribution in [0.5, 0.6) is 0 Å². The Bertz CT molecular complexity index is 435. The second-order valence-electron chi connectivity index (χ2n) is 5.19. The smallest absolute Gasteiger partial charge is 0.314 e. The van der Waals surface area contributed by atoms with Crippen molar-refractivity contribution in [3.05, 3.63) is 60.9 Å². The third kappa shape index (κ3) is 16.2. The van der Waals surface area contributed by atoms with Gasteiger partial charge < -0.3 is 4.74 Å². The summed E-state index contributed by atoms with van der Waals surface area (Å²) in [6.45, 7) is 4.17. The van der Waals surface area contributed by atoms with Gasteiger partial charge in [0.25, 0.3) is 0 Å². The average Bonchev–Trinajstić information content (AvgIpc) is 2.58. The van der Waals surface area contributed by atoms with E-state index < -0.39 is 0 Å². The van der Waals surface area contributed by atoms with Crippen LogP contribution in [0.1, 0.15) is 58.8 Å². The number of ketones is 1. The van der Waals surface area contributed by atoms with Gasteiger partial charge in [-0.2, -0.15) is 0 Å². The minimum absolute atomic E-state index is 0.0978.